The first-order chi connectivity index (χ1) is 21.9. The highest BCUT2D eigenvalue weighted by molar-refractivity contribution is 6.36. The Bertz CT molecular complexity index is 1530. The smallest absolute Gasteiger partial charge is 0.286 e. The van der Waals surface area contributed by atoms with Crippen LogP contribution in [0.1, 0.15) is 69.2 Å². The number of hydrogen-bond donors (Lipinski definition) is 6. The van der Waals surface area contributed by atoms with Crippen LogP contribution in [0, 0.1) is 5.92 Å². The summed E-state index contributed by atoms with van der Waals surface area (Å²) in [5, 5.41) is 19.8. The summed E-state index contributed by atoms with van der Waals surface area (Å²) in [6, 6.07) is 10.7. The van der Waals surface area contributed by atoms with Crippen molar-refractivity contribution in [3.8, 4) is 0 Å². The van der Waals surface area contributed by atoms with Gasteiger partial charge in [-0.25, -0.2) is 0 Å². The van der Waals surface area contributed by atoms with Gasteiger partial charge in [-0.05, 0) is 49.1 Å². The molecule has 246 valence electrons. The van der Waals surface area contributed by atoms with E-state index in [-0.39, 0.29) is 24.8 Å². The Labute approximate surface area is 267 Å². The fraction of sp³-hybridized carbons (Fsp3) is 0.485. The summed E-state index contributed by atoms with van der Waals surface area (Å²) in [5.74, 6) is -3.33. The molecule has 1 saturated carbocycles. The molecule has 5 rings (SSSR count). The van der Waals surface area contributed by atoms with Crippen molar-refractivity contribution >= 4 is 40.2 Å². The van der Waals surface area contributed by atoms with E-state index in [9.17, 15) is 29.1 Å². The van der Waals surface area contributed by atoms with Gasteiger partial charge in [-0.3, -0.25) is 29.0 Å². The van der Waals surface area contributed by atoms with Crippen molar-refractivity contribution in [2.75, 3.05) is 13.1 Å². The fourth-order valence-electron chi connectivity index (χ4n) is 6.67. The van der Waals surface area contributed by atoms with Gasteiger partial charge in [0.2, 0.25) is 17.6 Å². The number of nitrogens with zero attached hydrogens (tertiary/aromatic N) is 2. The lowest BCUT2D eigenvalue weighted by molar-refractivity contribution is -0.141. The van der Waals surface area contributed by atoms with E-state index in [0.717, 1.165) is 42.9 Å². The number of carbonyl (C=O) groups is 5. The Kier molecular flexibility index (Phi) is 9.92. The monoisotopic (exact) mass is 633 g/mol. The van der Waals surface area contributed by atoms with Gasteiger partial charge in [0, 0.05) is 24.7 Å². The lowest BCUT2D eigenvalue weighted by atomic mass is 9.84. The number of fused-ring (bicyclic) bond motifs is 1. The van der Waals surface area contributed by atoms with Crippen molar-refractivity contribution in [3.05, 3.63) is 59.9 Å². The van der Waals surface area contributed by atoms with Crippen molar-refractivity contribution in [3.63, 3.8) is 0 Å². The van der Waals surface area contributed by atoms with Gasteiger partial charge in [0.25, 0.3) is 11.8 Å². The molecule has 0 unspecified atom stereocenters. The van der Waals surface area contributed by atoms with Gasteiger partial charge in [-0.1, -0.05) is 62.4 Å². The van der Waals surface area contributed by atoms with E-state index >= 15 is 0 Å². The number of aliphatic hydroxyl groups is 1. The predicted molar refractivity (Wildman–Crippen MR) is 170 cm³/mol. The Hall–Kier alpha value is -4.49. The SMILES string of the molecule is CC(C)(O)C1=CNNN1[C@H]1C[C@@H](C(=O)NCC(=O)C(N)=O)N(C(=O)[C@@H](CC2CCCCC2)NC(=O)c2ccc3ccccc3c2)C1. The van der Waals surface area contributed by atoms with Crippen molar-refractivity contribution < 1.29 is 29.1 Å². The van der Waals surface area contributed by atoms with Crippen LogP contribution >= 0.6 is 0 Å². The maximum atomic E-state index is 14.5. The van der Waals surface area contributed by atoms with Gasteiger partial charge >= 0.3 is 0 Å². The second kappa shape index (κ2) is 13.9. The molecule has 0 radical (unpaired) electrons. The number of likely N-dealkylation sites (tertiary alicyclic amines) is 1. The van der Waals surface area contributed by atoms with Crippen LogP contribution in [0.2, 0.25) is 0 Å². The summed E-state index contributed by atoms with van der Waals surface area (Å²) in [6.45, 7) is 2.75. The molecule has 2 aromatic carbocycles. The number of ketones is 1. The number of nitrogens with one attached hydrogen (secondary N) is 4. The first-order valence-corrected chi connectivity index (χ1v) is 15.9. The fourth-order valence-corrected chi connectivity index (χ4v) is 6.67. The number of benzene rings is 2. The Morgan fingerprint density at radius 3 is 2.46 bits per heavy atom. The third-order valence-corrected chi connectivity index (χ3v) is 9.12. The molecule has 46 heavy (non-hydrogen) atoms. The van der Waals surface area contributed by atoms with Crippen LogP contribution in [0.25, 0.3) is 10.8 Å². The number of hydrazine groups is 2. The van der Waals surface area contributed by atoms with E-state index in [0.29, 0.717) is 17.7 Å². The molecule has 3 aliphatic rings. The number of carbonyl (C=O) groups excluding carboxylic acids is 5. The summed E-state index contributed by atoms with van der Waals surface area (Å²) < 4.78 is 0. The zero-order valence-corrected chi connectivity index (χ0v) is 26.3. The van der Waals surface area contributed by atoms with E-state index in [1.165, 1.54) is 4.90 Å². The molecule has 3 atom stereocenters. The third kappa shape index (κ3) is 7.48. The topological polar surface area (TPSA) is 186 Å². The highest BCUT2D eigenvalue weighted by atomic mass is 16.3. The second-order valence-corrected chi connectivity index (χ2v) is 12.9. The average molecular weight is 634 g/mol. The standard InChI is InChI=1S/C33H43N7O6/c1-33(2,46)28-18-36-38-40(28)24-16-26(31(44)35-17-27(41)29(34)42)39(19-24)32(45)25(14-20-8-4-3-5-9-20)37-30(43)23-13-12-21-10-6-7-11-22(21)15-23/h6-7,10-13,15,18,20,24-26,36,38,46H,3-5,8-9,14,16-17,19H2,1-2H3,(H2,34,42)(H,35,44)(H,37,43)/t24-,25+,26-/m0/s1. The predicted octanol–water partition coefficient (Wildman–Crippen LogP) is 0.986. The number of Topliss-reactive ketones (excluding diaryl/α,β-unsaturated/α-hetero) is 1. The molecule has 13 nitrogen and oxygen atoms in total. The maximum Gasteiger partial charge on any atom is 0.286 e. The quantitative estimate of drug-likeness (QED) is 0.196. The van der Waals surface area contributed by atoms with Crippen LogP contribution in [-0.4, -0.2) is 81.2 Å². The minimum absolute atomic E-state index is 0.0931. The van der Waals surface area contributed by atoms with Gasteiger partial charge in [0.05, 0.1) is 18.3 Å². The number of amides is 4. The van der Waals surface area contributed by atoms with E-state index < -0.39 is 53.8 Å². The molecule has 0 bridgehead atoms. The zero-order valence-electron chi connectivity index (χ0n) is 26.3. The first-order valence-electron chi connectivity index (χ1n) is 15.9. The Morgan fingerprint density at radius 2 is 1.76 bits per heavy atom. The minimum atomic E-state index is -1.24. The number of rotatable bonds is 11. The zero-order chi connectivity index (χ0) is 33.0. The van der Waals surface area contributed by atoms with Crippen molar-refractivity contribution in [2.24, 2.45) is 11.7 Å². The molecule has 0 spiro atoms. The molecule has 4 amide bonds. The first kappa shape index (κ1) is 32.9. The molecule has 2 aromatic rings. The third-order valence-electron chi connectivity index (χ3n) is 9.12. The summed E-state index contributed by atoms with van der Waals surface area (Å²) in [5.41, 5.74) is 10.6. The molecule has 1 aliphatic carbocycles. The summed E-state index contributed by atoms with van der Waals surface area (Å²) in [4.78, 5) is 66.2. The second-order valence-electron chi connectivity index (χ2n) is 12.9. The van der Waals surface area contributed by atoms with Crippen LogP contribution < -0.4 is 27.3 Å². The number of primary amides is 1. The summed E-state index contributed by atoms with van der Waals surface area (Å²) in [7, 11) is 0. The molecular formula is C33H43N7O6. The lowest BCUT2D eigenvalue weighted by Crippen LogP contribution is -2.55. The molecule has 7 N–H and O–H groups in total. The minimum Gasteiger partial charge on any atom is -0.384 e. The van der Waals surface area contributed by atoms with Gasteiger partial charge in [0.1, 0.15) is 17.7 Å². The highest BCUT2D eigenvalue weighted by Gasteiger charge is 2.46. The van der Waals surface area contributed by atoms with Crippen LogP contribution in [0.15, 0.2) is 54.4 Å². The van der Waals surface area contributed by atoms with Gasteiger partial charge in [-0.2, -0.15) is 0 Å². The van der Waals surface area contributed by atoms with Crippen LogP contribution in [-0.2, 0) is 19.2 Å². The number of hydrogen-bond acceptors (Lipinski definition) is 9. The van der Waals surface area contributed by atoms with Gasteiger partial charge in [-0.15, -0.1) is 5.53 Å². The van der Waals surface area contributed by atoms with E-state index in [1.54, 1.807) is 37.2 Å². The molecule has 13 heteroatoms. The maximum absolute atomic E-state index is 14.5. The molecule has 1 saturated heterocycles. The Morgan fingerprint density at radius 1 is 1.04 bits per heavy atom. The largest absolute Gasteiger partial charge is 0.384 e. The molecule has 2 aliphatic heterocycles. The summed E-state index contributed by atoms with van der Waals surface area (Å²) in [6.07, 6.45) is 7.31. The summed E-state index contributed by atoms with van der Waals surface area (Å²) >= 11 is 0. The van der Waals surface area contributed by atoms with Crippen molar-refractivity contribution in [1.82, 2.24) is 31.5 Å². The lowest BCUT2D eigenvalue weighted by Gasteiger charge is -2.34. The number of nitrogens with two attached hydrogens (primary N) is 1. The van der Waals surface area contributed by atoms with Crippen LogP contribution in [0.4, 0.5) is 0 Å². The van der Waals surface area contributed by atoms with E-state index in [2.05, 4.69) is 21.6 Å². The highest BCUT2D eigenvalue weighted by Crippen LogP contribution is 2.32. The molecule has 0 aromatic heterocycles. The van der Waals surface area contributed by atoms with E-state index in [4.69, 9.17) is 5.73 Å². The van der Waals surface area contributed by atoms with E-state index in [1.807, 2.05) is 30.3 Å². The molecular weight excluding hydrogens is 590 g/mol. The van der Waals surface area contributed by atoms with Gasteiger partial charge in [0.15, 0.2) is 0 Å². The normalized spacial score (nSPS) is 21.0. The van der Waals surface area contributed by atoms with Crippen LogP contribution in [0.5, 0.6) is 0 Å². The van der Waals surface area contributed by atoms with Gasteiger partial charge < -0.3 is 31.8 Å². The van der Waals surface area contributed by atoms with Crippen molar-refractivity contribution in [2.45, 2.75) is 82.5 Å². The Balaban J connectivity index is 1.42. The molecule has 2 fully saturated rings. The molecule has 2 heterocycles. The van der Waals surface area contributed by atoms with Crippen molar-refractivity contribution in [1.29, 1.82) is 0 Å². The van der Waals surface area contributed by atoms with Crippen LogP contribution in [0.3, 0.4) is 0 Å². The average Bonchev–Trinajstić information content (AvgIpc) is 3.71.